The van der Waals surface area contributed by atoms with Gasteiger partial charge in [0.25, 0.3) is 17.7 Å². The summed E-state index contributed by atoms with van der Waals surface area (Å²) in [7, 11) is 0. The summed E-state index contributed by atoms with van der Waals surface area (Å²) in [5.41, 5.74) is 2.27. The Morgan fingerprint density at radius 1 is 0.891 bits per heavy atom. The van der Waals surface area contributed by atoms with Crippen molar-refractivity contribution < 1.29 is 33.9 Å². The zero-order valence-electron chi connectivity index (χ0n) is 34.8. The maximum atomic E-state index is 13.7. The largest absolute Gasteiger partial charge is 0.480 e. The lowest BCUT2D eigenvalue weighted by Gasteiger charge is -2.56. The number of carbonyl (C=O) groups is 6. The number of aromatic nitrogens is 4. The van der Waals surface area contributed by atoms with Crippen LogP contribution in [0, 0.1) is 11.8 Å². The molecule has 3 atom stereocenters. The Bertz CT molecular complexity index is 2550. The smallest absolute Gasteiger partial charge is 0.326 e. The van der Waals surface area contributed by atoms with E-state index in [1.54, 1.807) is 36.9 Å². The van der Waals surface area contributed by atoms with Crippen LogP contribution in [0.4, 0.5) is 5.82 Å². The molecule has 1 aliphatic carbocycles. The maximum absolute atomic E-state index is 13.7. The van der Waals surface area contributed by atoms with E-state index < -0.39 is 41.7 Å². The number of imidazole rings is 1. The van der Waals surface area contributed by atoms with Gasteiger partial charge in [0.15, 0.2) is 11.5 Å². The number of carboxylic acid groups (broad SMARTS) is 1. The Balaban J connectivity index is 0.760. The van der Waals surface area contributed by atoms with E-state index in [0.29, 0.717) is 64.7 Å². The molecule has 18 nitrogen and oxygen atoms in total. The Morgan fingerprint density at radius 3 is 2.34 bits per heavy atom. The molecule has 0 unspecified atom stereocenters. The van der Waals surface area contributed by atoms with Crippen LogP contribution in [0.15, 0.2) is 49.1 Å². The fourth-order valence-electron chi connectivity index (χ4n) is 10.6. The van der Waals surface area contributed by atoms with E-state index in [0.717, 1.165) is 62.4 Å². The Labute approximate surface area is 377 Å². The molecule has 20 heteroatoms. The standard InChI is InChI=1S/C44H47Cl2N11O7/c45-30-2-1-3-31(46)35(30)41(60)51-26-17-27(18-26)55-22-50-36-38(48-21-49-39(36)55)47-19-23-8-12-53(13-9-23)20-33-24-10-14-54(15-11-24)57(33)37(44(63)64)25-4-5-28-29(16-25)43(62)56(42(28)61)32-6-7-34(58)52-40(32)59/h1-5,16,21-24,26-27,32-33,37H,6-15,17-20H2,(H,51,60)(H,63,64)(H,47,48,49)(H,52,58,59)/t26?,27?,32-,33+,37-/m0/s1. The number of nitrogens with zero attached hydrogens (tertiary/aromatic N) is 8. The highest BCUT2D eigenvalue weighted by molar-refractivity contribution is 6.39. The van der Waals surface area contributed by atoms with Crippen molar-refractivity contribution in [1.82, 2.24) is 50.0 Å². The number of halogens is 2. The van der Waals surface area contributed by atoms with Gasteiger partial charge in [0.2, 0.25) is 11.8 Å². The van der Waals surface area contributed by atoms with Gasteiger partial charge in [-0.3, -0.25) is 39.0 Å². The first-order chi connectivity index (χ1) is 30.9. The molecule has 2 bridgehead atoms. The topological polar surface area (TPSA) is 215 Å². The van der Waals surface area contributed by atoms with E-state index in [1.807, 2.05) is 9.58 Å². The summed E-state index contributed by atoms with van der Waals surface area (Å²) in [6.45, 7) is 4.57. The molecule has 11 rings (SSSR count). The molecule has 2 aromatic heterocycles. The average molecular weight is 913 g/mol. The van der Waals surface area contributed by atoms with E-state index in [2.05, 4.69) is 40.8 Å². The number of likely N-dealkylation sites (tertiary alicyclic amines) is 1. The number of hydrogen-bond donors (Lipinski definition) is 4. The van der Waals surface area contributed by atoms with Gasteiger partial charge in [0.1, 0.15) is 23.9 Å². The molecule has 64 heavy (non-hydrogen) atoms. The van der Waals surface area contributed by atoms with Gasteiger partial charge in [0, 0.05) is 50.7 Å². The molecular formula is C44H47Cl2N11O7. The summed E-state index contributed by atoms with van der Waals surface area (Å²) in [5, 5.41) is 24.4. The zero-order valence-corrected chi connectivity index (χ0v) is 36.3. The number of anilines is 1. The molecule has 8 heterocycles. The van der Waals surface area contributed by atoms with Gasteiger partial charge in [-0.2, -0.15) is 0 Å². The number of carboxylic acids is 1. The number of imide groups is 2. The Kier molecular flexibility index (Phi) is 11.3. The van der Waals surface area contributed by atoms with Gasteiger partial charge in [-0.15, -0.1) is 0 Å². The maximum Gasteiger partial charge on any atom is 0.326 e. The van der Waals surface area contributed by atoms with Gasteiger partial charge >= 0.3 is 5.97 Å². The number of benzene rings is 2. The first kappa shape index (κ1) is 42.4. The number of rotatable bonds is 12. The van der Waals surface area contributed by atoms with Crippen LogP contribution in [-0.4, -0.2) is 137 Å². The fourth-order valence-corrected chi connectivity index (χ4v) is 11.2. The minimum Gasteiger partial charge on any atom is -0.480 e. The summed E-state index contributed by atoms with van der Waals surface area (Å²) in [6.07, 6.45) is 8.61. The third-order valence-corrected chi connectivity index (χ3v) is 14.7. The van der Waals surface area contributed by atoms with E-state index in [-0.39, 0.29) is 53.6 Å². The summed E-state index contributed by atoms with van der Waals surface area (Å²) >= 11 is 12.5. The Hall–Kier alpha value is -5.53. The second-order valence-electron chi connectivity index (χ2n) is 17.8. The van der Waals surface area contributed by atoms with E-state index in [9.17, 15) is 33.9 Å². The minimum atomic E-state index is -1.11. The number of fused-ring (bicyclic) bond motifs is 5. The molecule has 4 aromatic rings. The van der Waals surface area contributed by atoms with Crippen LogP contribution in [-0.2, 0) is 14.4 Å². The second-order valence-corrected chi connectivity index (χ2v) is 18.6. The molecule has 6 aliphatic heterocycles. The van der Waals surface area contributed by atoms with Crippen molar-refractivity contribution in [3.63, 3.8) is 0 Å². The highest BCUT2D eigenvalue weighted by atomic mass is 35.5. The summed E-state index contributed by atoms with van der Waals surface area (Å²) in [5.74, 6) is -2.44. The highest BCUT2D eigenvalue weighted by Crippen LogP contribution is 2.41. The lowest BCUT2D eigenvalue weighted by Crippen LogP contribution is -2.66. The van der Waals surface area contributed by atoms with Crippen LogP contribution in [0.5, 0.6) is 0 Å². The molecule has 1 saturated carbocycles. The number of piperidine rings is 3. The number of aliphatic carboxylic acids is 1. The van der Waals surface area contributed by atoms with Crippen molar-refractivity contribution in [3.8, 4) is 0 Å². The van der Waals surface area contributed by atoms with E-state index in [4.69, 9.17) is 23.2 Å². The van der Waals surface area contributed by atoms with Crippen molar-refractivity contribution in [2.24, 2.45) is 11.8 Å². The number of amides is 5. The van der Waals surface area contributed by atoms with Gasteiger partial charge in [0.05, 0.1) is 33.1 Å². The molecule has 334 valence electrons. The Morgan fingerprint density at radius 2 is 1.62 bits per heavy atom. The van der Waals surface area contributed by atoms with Crippen LogP contribution >= 0.6 is 23.2 Å². The average Bonchev–Trinajstić information content (AvgIpc) is 3.80. The first-order valence-electron chi connectivity index (χ1n) is 21.9. The molecule has 4 N–H and O–H groups in total. The van der Waals surface area contributed by atoms with Crippen molar-refractivity contribution in [3.05, 3.63) is 81.4 Å². The lowest BCUT2D eigenvalue weighted by atomic mass is 9.83. The molecule has 5 amide bonds. The normalized spacial score (nSPS) is 26.8. The second kappa shape index (κ2) is 17.1. The van der Waals surface area contributed by atoms with Crippen LogP contribution < -0.4 is 16.0 Å². The first-order valence-corrected chi connectivity index (χ1v) is 22.7. The van der Waals surface area contributed by atoms with Gasteiger partial charge in [-0.25, -0.2) is 25.0 Å². The third-order valence-electron chi connectivity index (χ3n) is 14.1. The number of carbonyl (C=O) groups excluding carboxylic acids is 5. The lowest BCUT2D eigenvalue weighted by molar-refractivity contribution is -0.196. The van der Waals surface area contributed by atoms with Gasteiger partial charge in [-0.1, -0.05) is 35.3 Å². The SMILES string of the molecule is O=C1CC[C@H](N2C(=O)c3ccc([C@@H](C(=O)O)N4[C@H](CN5CCC(CNc6ncnc7c6ncn7C6CC(NC(=O)c7c(Cl)cccc7Cl)C6)CC5)C5CCN4CC5)cc3C2=O)C(=O)N1. The van der Waals surface area contributed by atoms with E-state index >= 15 is 0 Å². The van der Waals surface area contributed by atoms with Crippen molar-refractivity contribution in [2.45, 2.75) is 81.6 Å². The van der Waals surface area contributed by atoms with Gasteiger partial charge in [-0.05, 0) is 99.7 Å². The minimum absolute atomic E-state index is 0.00885. The molecular weight excluding hydrogens is 865 g/mol. The molecule has 7 aliphatic rings. The fraction of sp³-hybridized carbons (Fsp3) is 0.477. The number of hydrazine groups is 1. The van der Waals surface area contributed by atoms with Crippen LogP contribution in [0.3, 0.4) is 0 Å². The summed E-state index contributed by atoms with van der Waals surface area (Å²) < 4.78 is 2.04. The third kappa shape index (κ3) is 7.67. The van der Waals surface area contributed by atoms with Crippen LogP contribution in [0.25, 0.3) is 11.2 Å². The molecule has 0 radical (unpaired) electrons. The van der Waals surface area contributed by atoms with Gasteiger partial charge < -0.3 is 25.2 Å². The summed E-state index contributed by atoms with van der Waals surface area (Å²) in [6, 6.07) is 7.40. The number of hydrogen-bond acceptors (Lipinski definition) is 13. The quantitative estimate of drug-likeness (QED) is 0.148. The van der Waals surface area contributed by atoms with Crippen LogP contribution in [0.2, 0.25) is 10.0 Å². The predicted octanol–water partition coefficient (Wildman–Crippen LogP) is 3.93. The molecule has 6 fully saturated rings. The zero-order chi connectivity index (χ0) is 44.4. The van der Waals surface area contributed by atoms with Crippen molar-refractivity contribution in [2.75, 3.05) is 44.6 Å². The monoisotopic (exact) mass is 911 g/mol. The molecule has 2 aromatic carbocycles. The molecule has 5 saturated heterocycles. The van der Waals surface area contributed by atoms with Crippen molar-refractivity contribution in [1.29, 1.82) is 0 Å². The highest BCUT2D eigenvalue weighted by Gasteiger charge is 2.49. The molecule has 0 spiro atoms. The predicted molar refractivity (Wildman–Crippen MR) is 232 cm³/mol. The summed E-state index contributed by atoms with van der Waals surface area (Å²) in [4.78, 5) is 94.7. The van der Waals surface area contributed by atoms with Crippen LogP contribution in [0.1, 0.15) is 100 Å². The number of nitrogens with one attached hydrogen (secondary N) is 3. The van der Waals surface area contributed by atoms with E-state index in [1.165, 1.54) is 12.1 Å². The van der Waals surface area contributed by atoms with Crippen molar-refractivity contribution >= 4 is 75.7 Å².